The number of carbonyl (C=O) groups excluding carboxylic acids is 2. The van der Waals surface area contributed by atoms with Crippen LogP contribution in [-0.4, -0.2) is 17.7 Å². The van der Waals surface area contributed by atoms with Crippen LogP contribution in [0.25, 0.3) is 0 Å². The SMILES string of the molecule is CC1CCCCC1NC(=O)CCC(=O)c1ccc(Br)cc1. The highest BCUT2D eigenvalue weighted by Gasteiger charge is 2.22. The van der Waals surface area contributed by atoms with Crippen molar-refractivity contribution in [1.82, 2.24) is 5.32 Å². The molecule has 114 valence electrons. The lowest BCUT2D eigenvalue weighted by atomic mass is 9.86. The number of amides is 1. The summed E-state index contributed by atoms with van der Waals surface area (Å²) in [6, 6.07) is 7.55. The highest BCUT2D eigenvalue weighted by atomic mass is 79.9. The van der Waals surface area contributed by atoms with Crippen molar-refractivity contribution in [2.24, 2.45) is 5.92 Å². The van der Waals surface area contributed by atoms with Gasteiger partial charge >= 0.3 is 0 Å². The van der Waals surface area contributed by atoms with E-state index in [2.05, 4.69) is 28.2 Å². The van der Waals surface area contributed by atoms with Gasteiger partial charge in [-0.25, -0.2) is 0 Å². The van der Waals surface area contributed by atoms with Crippen LogP contribution in [-0.2, 0) is 4.79 Å². The van der Waals surface area contributed by atoms with Gasteiger partial charge in [0.2, 0.25) is 5.91 Å². The molecule has 1 aromatic rings. The molecule has 4 heteroatoms. The second kappa shape index (κ2) is 7.74. The lowest BCUT2D eigenvalue weighted by Crippen LogP contribution is -2.41. The fourth-order valence-corrected chi connectivity index (χ4v) is 3.08. The van der Waals surface area contributed by atoms with Crippen molar-refractivity contribution in [3.8, 4) is 0 Å². The van der Waals surface area contributed by atoms with Crippen LogP contribution in [0.5, 0.6) is 0 Å². The first-order valence-corrected chi connectivity index (χ1v) is 8.43. The maximum Gasteiger partial charge on any atom is 0.220 e. The maximum absolute atomic E-state index is 12.0. The molecule has 0 saturated heterocycles. The Bertz CT molecular complexity index is 498. The molecule has 1 aliphatic rings. The van der Waals surface area contributed by atoms with E-state index in [1.807, 2.05) is 12.1 Å². The molecule has 1 fully saturated rings. The zero-order valence-corrected chi connectivity index (χ0v) is 14.0. The second-order valence-electron chi connectivity index (χ2n) is 5.87. The lowest BCUT2D eigenvalue weighted by molar-refractivity contribution is -0.122. The van der Waals surface area contributed by atoms with Gasteiger partial charge in [-0.05, 0) is 30.9 Å². The van der Waals surface area contributed by atoms with Gasteiger partial charge < -0.3 is 5.32 Å². The number of nitrogens with one attached hydrogen (secondary N) is 1. The third kappa shape index (κ3) is 4.95. The van der Waals surface area contributed by atoms with E-state index in [0.717, 1.165) is 10.9 Å². The van der Waals surface area contributed by atoms with E-state index in [0.29, 0.717) is 11.5 Å². The minimum Gasteiger partial charge on any atom is -0.353 e. The van der Waals surface area contributed by atoms with Crippen LogP contribution in [0.1, 0.15) is 55.8 Å². The minimum atomic E-state index is -0.000730. The van der Waals surface area contributed by atoms with E-state index in [1.165, 1.54) is 19.3 Å². The summed E-state index contributed by atoms with van der Waals surface area (Å²) in [5, 5.41) is 3.09. The Hall–Kier alpha value is -1.16. The molecule has 0 aromatic heterocycles. The molecule has 1 aliphatic carbocycles. The predicted octanol–water partition coefficient (Wildman–Crippen LogP) is 4.11. The van der Waals surface area contributed by atoms with Crippen molar-refractivity contribution < 1.29 is 9.59 Å². The summed E-state index contributed by atoms with van der Waals surface area (Å²) >= 11 is 3.34. The monoisotopic (exact) mass is 351 g/mol. The average Bonchev–Trinajstić information content (AvgIpc) is 2.48. The number of carbonyl (C=O) groups is 2. The Kier molecular flexibility index (Phi) is 5.97. The lowest BCUT2D eigenvalue weighted by Gasteiger charge is -2.29. The fourth-order valence-electron chi connectivity index (χ4n) is 2.82. The zero-order chi connectivity index (χ0) is 15.2. The standard InChI is InChI=1S/C17H22BrNO2/c1-12-4-2-3-5-15(12)19-17(21)11-10-16(20)13-6-8-14(18)9-7-13/h6-9,12,15H,2-5,10-11H2,1H3,(H,19,21). The van der Waals surface area contributed by atoms with E-state index >= 15 is 0 Å². The summed E-state index contributed by atoms with van der Waals surface area (Å²) in [5.41, 5.74) is 0.664. The number of ketones is 1. The van der Waals surface area contributed by atoms with Gasteiger partial charge in [0.25, 0.3) is 0 Å². The fraction of sp³-hybridized carbons (Fsp3) is 0.529. The van der Waals surface area contributed by atoms with Crippen LogP contribution in [0, 0.1) is 5.92 Å². The molecule has 1 aromatic carbocycles. The molecule has 1 saturated carbocycles. The summed E-state index contributed by atoms with van der Waals surface area (Å²) in [7, 11) is 0. The van der Waals surface area contributed by atoms with Crippen molar-refractivity contribution in [2.75, 3.05) is 0 Å². The smallest absolute Gasteiger partial charge is 0.220 e. The van der Waals surface area contributed by atoms with Crippen LogP contribution in [0.4, 0.5) is 0 Å². The Morgan fingerprint density at radius 1 is 1.14 bits per heavy atom. The number of hydrogen-bond donors (Lipinski definition) is 1. The molecule has 21 heavy (non-hydrogen) atoms. The molecule has 1 amide bonds. The summed E-state index contributed by atoms with van der Waals surface area (Å²) in [6.07, 6.45) is 5.24. The highest BCUT2D eigenvalue weighted by Crippen LogP contribution is 2.23. The second-order valence-corrected chi connectivity index (χ2v) is 6.78. The third-order valence-electron chi connectivity index (χ3n) is 4.20. The third-order valence-corrected chi connectivity index (χ3v) is 4.73. The van der Waals surface area contributed by atoms with Crippen LogP contribution in [0.3, 0.4) is 0 Å². The van der Waals surface area contributed by atoms with E-state index < -0.39 is 0 Å². The van der Waals surface area contributed by atoms with Crippen molar-refractivity contribution in [1.29, 1.82) is 0 Å². The minimum absolute atomic E-state index is 0.000730. The van der Waals surface area contributed by atoms with Crippen LogP contribution in [0.2, 0.25) is 0 Å². The van der Waals surface area contributed by atoms with E-state index in [-0.39, 0.29) is 30.6 Å². The molecule has 0 spiro atoms. The topological polar surface area (TPSA) is 46.2 Å². The largest absolute Gasteiger partial charge is 0.353 e. The van der Waals surface area contributed by atoms with Gasteiger partial charge in [0.1, 0.15) is 0 Å². The molecule has 0 heterocycles. The molecular weight excluding hydrogens is 330 g/mol. The Morgan fingerprint density at radius 3 is 2.48 bits per heavy atom. The molecule has 3 nitrogen and oxygen atoms in total. The van der Waals surface area contributed by atoms with E-state index in [4.69, 9.17) is 0 Å². The molecule has 2 unspecified atom stereocenters. The molecular formula is C17H22BrNO2. The molecule has 0 aliphatic heterocycles. The van der Waals surface area contributed by atoms with Gasteiger partial charge in [0.05, 0.1) is 0 Å². The van der Waals surface area contributed by atoms with Crippen LogP contribution < -0.4 is 5.32 Å². The van der Waals surface area contributed by atoms with E-state index in [1.54, 1.807) is 12.1 Å². The molecule has 1 N–H and O–H groups in total. The van der Waals surface area contributed by atoms with Crippen molar-refractivity contribution in [2.45, 2.75) is 51.5 Å². The van der Waals surface area contributed by atoms with Gasteiger partial charge in [0, 0.05) is 28.9 Å². The quantitative estimate of drug-likeness (QED) is 0.811. The average molecular weight is 352 g/mol. The molecule has 0 bridgehead atoms. The zero-order valence-electron chi connectivity index (χ0n) is 12.4. The van der Waals surface area contributed by atoms with Crippen molar-refractivity contribution in [3.63, 3.8) is 0 Å². The predicted molar refractivity (Wildman–Crippen MR) is 87.3 cm³/mol. The Balaban J connectivity index is 1.78. The highest BCUT2D eigenvalue weighted by molar-refractivity contribution is 9.10. The van der Waals surface area contributed by atoms with Gasteiger partial charge in [-0.2, -0.15) is 0 Å². The van der Waals surface area contributed by atoms with Crippen molar-refractivity contribution >= 4 is 27.6 Å². The number of halogens is 1. The number of rotatable bonds is 5. The van der Waals surface area contributed by atoms with Crippen LogP contribution >= 0.6 is 15.9 Å². The first-order chi connectivity index (χ1) is 10.1. The van der Waals surface area contributed by atoms with Crippen molar-refractivity contribution in [3.05, 3.63) is 34.3 Å². The summed E-state index contributed by atoms with van der Waals surface area (Å²) < 4.78 is 0.947. The normalized spacial score (nSPS) is 21.8. The van der Waals surface area contributed by atoms with Gasteiger partial charge in [-0.15, -0.1) is 0 Å². The number of hydrogen-bond acceptors (Lipinski definition) is 2. The van der Waals surface area contributed by atoms with Gasteiger partial charge in [-0.1, -0.05) is 47.8 Å². The number of benzene rings is 1. The Morgan fingerprint density at radius 2 is 1.81 bits per heavy atom. The first-order valence-electron chi connectivity index (χ1n) is 7.64. The maximum atomic E-state index is 12.0. The molecule has 2 rings (SSSR count). The summed E-state index contributed by atoms with van der Waals surface area (Å²) in [5.74, 6) is 0.568. The molecule has 2 atom stereocenters. The molecule has 0 radical (unpaired) electrons. The summed E-state index contributed by atoms with van der Waals surface area (Å²) in [4.78, 5) is 24.0. The van der Waals surface area contributed by atoms with Gasteiger partial charge in [-0.3, -0.25) is 9.59 Å². The number of Topliss-reactive ketones (excluding diaryl/α,β-unsaturated/α-hetero) is 1. The van der Waals surface area contributed by atoms with Gasteiger partial charge in [0.15, 0.2) is 5.78 Å². The summed E-state index contributed by atoms with van der Waals surface area (Å²) in [6.45, 7) is 2.19. The Labute approximate surface area is 134 Å². The van der Waals surface area contributed by atoms with E-state index in [9.17, 15) is 9.59 Å². The first kappa shape index (κ1) is 16.2. The van der Waals surface area contributed by atoms with Crippen LogP contribution in [0.15, 0.2) is 28.7 Å².